The second kappa shape index (κ2) is 6.85. The summed E-state index contributed by atoms with van der Waals surface area (Å²) in [6.07, 6.45) is 6.39. The zero-order chi connectivity index (χ0) is 14.4. The Morgan fingerprint density at radius 2 is 1.78 bits per heavy atom. The molecule has 1 heterocycles. The van der Waals surface area contributed by atoms with E-state index in [-0.39, 0.29) is 0 Å². The highest BCUT2D eigenvalue weighted by Gasteiger charge is 2.15. The summed E-state index contributed by atoms with van der Waals surface area (Å²) < 4.78 is 55.6. The van der Waals surface area contributed by atoms with E-state index >= 15 is 0 Å². The molecule has 0 fully saturated rings. The largest absolute Gasteiger partial charge is 0.413 e. The van der Waals surface area contributed by atoms with E-state index in [1.54, 1.807) is 0 Å². The minimum absolute atomic E-state index is 1.10. The van der Waals surface area contributed by atoms with Crippen LogP contribution in [0, 0.1) is 0 Å². The zero-order valence-corrected chi connectivity index (χ0v) is 11.5. The van der Waals surface area contributed by atoms with Crippen molar-refractivity contribution in [2.24, 2.45) is 0 Å². The summed E-state index contributed by atoms with van der Waals surface area (Å²) in [5, 5.41) is 0. The third-order valence-corrected chi connectivity index (χ3v) is 3.08. The van der Waals surface area contributed by atoms with Crippen molar-refractivity contribution in [3.63, 3.8) is 0 Å². The maximum absolute atomic E-state index is 9.44. The van der Waals surface area contributed by atoms with E-state index in [1.807, 2.05) is 0 Å². The molecule has 0 bridgehead atoms. The molecule has 0 saturated carbocycles. The molecule has 2 N–H and O–H groups in total. The molecule has 0 aromatic heterocycles. The van der Waals surface area contributed by atoms with Gasteiger partial charge in [-0.25, -0.2) is 0 Å². The van der Waals surface area contributed by atoms with E-state index < -0.39 is 20.8 Å². The number of likely N-dealkylation sites (N-methyl/N-ethyl adjacent to an activating group) is 1. The SMILES string of the molecule is CCN1C=CC=C(C)C1.O=S(=O)(O)OS(=O)(=O)O. The molecule has 1 aliphatic rings. The summed E-state index contributed by atoms with van der Waals surface area (Å²) in [5.41, 5.74) is 1.44. The monoisotopic (exact) mass is 301 g/mol. The van der Waals surface area contributed by atoms with E-state index in [1.165, 1.54) is 5.57 Å². The predicted octanol–water partition coefficient (Wildman–Crippen LogP) is 0.391. The van der Waals surface area contributed by atoms with Crippen molar-refractivity contribution < 1.29 is 29.6 Å². The summed E-state index contributed by atoms with van der Waals surface area (Å²) in [4.78, 5) is 2.29. The fraction of sp³-hybridized carbons (Fsp3) is 0.500. The maximum atomic E-state index is 9.44. The smallest absolute Gasteiger partial charge is 0.374 e. The zero-order valence-electron chi connectivity index (χ0n) is 9.85. The first-order valence-corrected chi connectivity index (χ1v) is 7.50. The van der Waals surface area contributed by atoms with Crippen molar-refractivity contribution in [2.45, 2.75) is 13.8 Å². The van der Waals surface area contributed by atoms with Gasteiger partial charge in [0.15, 0.2) is 0 Å². The highest BCUT2D eigenvalue weighted by molar-refractivity contribution is 7.94. The van der Waals surface area contributed by atoms with Gasteiger partial charge in [0.25, 0.3) is 0 Å². The Balaban J connectivity index is 0.000000321. The van der Waals surface area contributed by atoms with Crippen molar-refractivity contribution in [3.05, 3.63) is 23.9 Å². The first kappa shape index (κ1) is 17.1. The molecule has 0 spiro atoms. The fourth-order valence-corrected chi connectivity index (χ4v) is 1.95. The average molecular weight is 301 g/mol. The molecule has 0 aromatic rings. The molecule has 10 heteroatoms. The van der Waals surface area contributed by atoms with Crippen LogP contribution >= 0.6 is 0 Å². The predicted molar refractivity (Wildman–Crippen MR) is 64.3 cm³/mol. The van der Waals surface area contributed by atoms with Gasteiger partial charge in [0.1, 0.15) is 0 Å². The maximum Gasteiger partial charge on any atom is 0.413 e. The van der Waals surface area contributed by atoms with Crippen LogP contribution in [0.2, 0.25) is 0 Å². The van der Waals surface area contributed by atoms with E-state index in [4.69, 9.17) is 9.11 Å². The van der Waals surface area contributed by atoms with Gasteiger partial charge in [-0.2, -0.15) is 16.8 Å². The lowest BCUT2D eigenvalue weighted by Gasteiger charge is -2.20. The number of allylic oxidation sites excluding steroid dienone is 2. The van der Waals surface area contributed by atoms with Gasteiger partial charge in [0.05, 0.1) is 0 Å². The highest BCUT2D eigenvalue weighted by atomic mass is 32.3. The average Bonchev–Trinajstić information content (AvgIpc) is 2.12. The first-order chi connectivity index (χ1) is 8.03. The number of rotatable bonds is 3. The van der Waals surface area contributed by atoms with Gasteiger partial charge in [-0.3, -0.25) is 9.11 Å². The van der Waals surface area contributed by atoms with Crippen LogP contribution in [0.4, 0.5) is 0 Å². The van der Waals surface area contributed by atoms with Gasteiger partial charge in [-0.1, -0.05) is 11.6 Å². The third kappa shape index (κ3) is 10.2. The van der Waals surface area contributed by atoms with E-state index in [0.29, 0.717) is 0 Å². The Labute approximate surface area is 106 Å². The summed E-state index contributed by atoms with van der Waals surface area (Å²) in [6.45, 7) is 6.55. The normalized spacial score (nSPS) is 15.8. The van der Waals surface area contributed by atoms with Crippen LogP contribution in [0.25, 0.3) is 0 Å². The van der Waals surface area contributed by atoms with E-state index in [2.05, 4.69) is 40.7 Å². The number of nitrogens with zero attached hydrogens (tertiary/aromatic N) is 1. The van der Waals surface area contributed by atoms with Crippen molar-refractivity contribution in [1.29, 1.82) is 0 Å². The summed E-state index contributed by atoms with van der Waals surface area (Å²) in [5.74, 6) is 0. The molecule has 0 unspecified atom stereocenters. The third-order valence-electron chi connectivity index (χ3n) is 1.71. The molecular weight excluding hydrogens is 286 g/mol. The standard InChI is InChI=1S/C8H13N.H2O7S2/c1-3-9-6-4-5-8(2)7-9;1-8(2,3)7-9(4,5)6/h4-6H,3,7H2,1-2H3;(H,1,2,3)(H,4,5,6). The molecule has 8 nitrogen and oxygen atoms in total. The van der Waals surface area contributed by atoms with Crippen LogP contribution in [0.5, 0.6) is 0 Å². The van der Waals surface area contributed by atoms with Gasteiger partial charge in [0, 0.05) is 13.1 Å². The highest BCUT2D eigenvalue weighted by Crippen LogP contribution is 2.04. The second-order valence-electron chi connectivity index (χ2n) is 3.34. The molecule has 0 saturated heterocycles. The van der Waals surface area contributed by atoms with Gasteiger partial charge >= 0.3 is 20.8 Å². The summed E-state index contributed by atoms with van der Waals surface area (Å²) in [6, 6.07) is 0. The van der Waals surface area contributed by atoms with E-state index in [9.17, 15) is 16.8 Å². The minimum atomic E-state index is -5.12. The Hall–Kier alpha value is -0.940. The molecule has 0 aliphatic carbocycles. The topological polar surface area (TPSA) is 121 Å². The van der Waals surface area contributed by atoms with Gasteiger partial charge < -0.3 is 4.90 Å². The van der Waals surface area contributed by atoms with Gasteiger partial charge in [0.2, 0.25) is 0 Å². The quantitative estimate of drug-likeness (QED) is 0.718. The molecule has 1 rings (SSSR count). The lowest BCUT2D eigenvalue weighted by molar-refractivity contribution is 0.344. The number of hydrogen-bond acceptors (Lipinski definition) is 6. The lowest BCUT2D eigenvalue weighted by atomic mass is 10.2. The summed E-state index contributed by atoms with van der Waals surface area (Å²) in [7, 11) is -10.2. The minimum Gasteiger partial charge on any atom is -0.374 e. The molecule has 18 heavy (non-hydrogen) atoms. The van der Waals surface area contributed by atoms with Crippen LogP contribution in [0.1, 0.15) is 13.8 Å². The fourth-order valence-electron chi connectivity index (χ4n) is 1.08. The number of hydrogen-bond donors (Lipinski definition) is 2. The molecule has 106 valence electrons. The molecule has 0 radical (unpaired) electrons. The van der Waals surface area contributed by atoms with Crippen LogP contribution in [-0.2, 0) is 24.4 Å². The van der Waals surface area contributed by atoms with Crippen molar-refractivity contribution in [1.82, 2.24) is 4.90 Å². The Morgan fingerprint density at radius 1 is 1.28 bits per heavy atom. The van der Waals surface area contributed by atoms with Crippen molar-refractivity contribution in [3.8, 4) is 0 Å². The summed E-state index contributed by atoms with van der Waals surface area (Å²) >= 11 is 0. The van der Waals surface area contributed by atoms with Gasteiger partial charge in [-0.15, -0.1) is 3.63 Å². The second-order valence-corrected chi connectivity index (χ2v) is 5.60. The Morgan fingerprint density at radius 3 is 2.00 bits per heavy atom. The Kier molecular flexibility index (Phi) is 6.49. The van der Waals surface area contributed by atoms with E-state index in [0.717, 1.165) is 13.1 Å². The molecule has 0 aromatic carbocycles. The van der Waals surface area contributed by atoms with Crippen molar-refractivity contribution >= 4 is 20.8 Å². The molecular formula is C8H15NO7S2. The molecule has 0 atom stereocenters. The van der Waals surface area contributed by atoms with Gasteiger partial charge in [-0.05, 0) is 26.1 Å². The van der Waals surface area contributed by atoms with Crippen LogP contribution in [0.15, 0.2) is 23.9 Å². The Bertz CT molecular complexity index is 488. The molecule has 0 amide bonds. The molecule has 1 aliphatic heterocycles. The van der Waals surface area contributed by atoms with Crippen LogP contribution in [0.3, 0.4) is 0 Å². The van der Waals surface area contributed by atoms with Crippen molar-refractivity contribution in [2.75, 3.05) is 13.1 Å². The van der Waals surface area contributed by atoms with Crippen LogP contribution in [-0.4, -0.2) is 43.9 Å². The lowest BCUT2D eigenvalue weighted by Crippen LogP contribution is -2.20. The van der Waals surface area contributed by atoms with Crippen LogP contribution < -0.4 is 0 Å². The first-order valence-electron chi connectivity index (χ1n) is 4.77.